The molecular weight excluding hydrogens is 512 g/mol. The average molecular weight is 539 g/mol. The number of carbonyl (C=O) groups excluding carboxylic acids is 3. The van der Waals surface area contributed by atoms with Crippen molar-refractivity contribution in [1.82, 2.24) is 10.3 Å². The van der Waals surface area contributed by atoms with E-state index >= 15 is 0 Å². The number of hydrogen-bond acceptors (Lipinski definition) is 6. The number of benzene rings is 3. The molecular formula is C30H26N4O4S. The van der Waals surface area contributed by atoms with Gasteiger partial charge in [-0.05, 0) is 72.3 Å². The number of nitrogens with one attached hydrogen (secondary N) is 3. The fourth-order valence-corrected chi connectivity index (χ4v) is 4.12. The Morgan fingerprint density at radius 2 is 1.49 bits per heavy atom. The third kappa shape index (κ3) is 8.31. The molecule has 0 aliphatic heterocycles. The van der Waals surface area contributed by atoms with Gasteiger partial charge in [0.05, 0.1) is 12.9 Å². The van der Waals surface area contributed by atoms with Gasteiger partial charge in [-0.25, -0.2) is 0 Å². The van der Waals surface area contributed by atoms with Crippen molar-refractivity contribution < 1.29 is 19.1 Å². The summed E-state index contributed by atoms with van der Waals surface area (Å²) in [5, 5.41) is 8.36. The Hall–Kier alpha value is -4.89. The van der Waals surface area contributed by atoms with Gasteiger partial charge in [-0.1, -0.05) is 30.3 Å². The van der Waals surface area contributed by atoms with Gasteiger partial charge in [-0.3, -0.25) is 19.4 Å². The van der Waals surface area contributed by atoms with Crippen LogP contribution in [0.1, 0.15) is 15.9 Å². The fourth-order valence-electron chi connectivity index (χ4n) is 3.42. The van der Waals surface area contributed by atoms with Crippen LogP contribution in [0.2, 0.25) is 0 Å². The Balaban J connectivity index is 1.41. The number of anilines is 2. The van der Waals surface area contributed by atoms with Gasteiger partial charge in [0.1, 0.15) is 11.4 Å². The predicted molar refractivity (Wildman–Crippen MR) is 154 cm³/mol. The smallest absolute Gasteiger partial charge is 0.272 e. The molecule has 0 atom stereocenters. The highest BCUT2D eigenvalue weighted by atomic mass is 32.2. The van der Waals surface area contributed by atoms with Crippen LogP contribution in [-0.2, 0) is 9.59 Å². The monoisotopic (exact) mass is 538 g/mol. The van der Waals surface area contributed by atoms with Crippen LogP contribution in [0.25, 0.3) is 6.08 Å². The Bertz CT molecular complexity index is 1440. The molecule has 0 saturated heterocycles. The second-order valence-electron chi connectivity index (χ2n) is 8.20. The number of thioether (sulfide) groups is 1. The molecule has 0 aliphatic carbocycles. The number of ether oxygens (including phenoxy) is 1. The maximum absolute atomic E-state index is 13.2. The molecule has 9 heteroatoms. The zero-order valence-corrected chi connectivity index (χ0v) is 21.9. The summed E-state index contributed by atoms with van der Waals surface area (Å²) in [6, 6.07) is 26.3. The Kier molecular flexibility index (Phi) is 9.47. The Labute approximate surface area is 230 Å². The molecule has 4 rings (SSSR count). The lowest BCUT2D eigenvalue weighted by Crippen LogP contribution is -2.30. The van der Waals surface area contributed by atoms with E-state index in [4.69, 9.17) is 4.74 Å². The summed E-state index contributed by atoms with van der Waals surface area (Å²) in [5.41, 5.74) is 2.46. The zero-order chi connectivity index (χ0) is 27.5. The van der Waals surface area contributed by atoms with Gasteiger partial charge in [-0.2, -0.15) is 0 Å². The number of amides is 3. The van der Waals surface area contributed by atoms with Gasteiger partial charge >= 0.3 is 0 Å². The highest BCUT2D eigenvalue weighted by molar-refractivity contribution is 8.00. The SMILES string of the molecule is COc1ccc(/C=C(\NC(=O)c2ccccc2)C(=O)Nc2ccc(SCC(=O)Nc3ccncc3)cc2)cc1. The van der Waals surface area contributed by atoms with Crippen LogP contribution in [0.5, 0.6) is 5.75 Å². The molecule has 3 aromatic carbocycles. The van der Waals surface area contributed by atoms with Gasteiger partial charge in [0.15, 0.2) is 0 Å². The molecule has 1 heterocycles. The number of aromatic nitrogens is 1. The average Bonchev–Trinajstić information content (AvgIpc) is 2.97. The molecule has 3 amide bonds. The lowest BCUT2D eigenvalue weighted by atomic mass is 10.1. The fraction of sp³-hybridized carbons (Fsp3) is 0.0667. The minimum atomic E-state index is -0.479. The molecule has 0 spiro atoms. The Morgan fingerprint density at radius 3 is 2.15 bits per heavy atom. The summed E-state index contributed by atoms with van der Waals surface area (Å²) < 4.78 is 5.19. The van der Waals surface area contributed by atoms with Gasteiger partial charge in [0, 0.05) is 34.2 Å². The first-order valence-corrected chi connectivity index (χ1v) is 12.9. The minimum absolute atomic E-state index is 0.0836. The summed E-state index contributed by atoms with van der Waals surface area (Å²) >= 11 is 1.37. The van der Waals surface area contributed by atoms with Crippen LogP contribution in [0.15, 0.2) is 114 Å². The van der Waals surface area contributed by atoms with E-state index in [1.807, 2.05) is 18.2 Å². The van der Waals surface area contributed by atoms with Crippen molar-refractivity contribution >= 4 is 46.9 Å². The van der Waals surface area contributed by atoms with Crippen molar-refractivity contribution in [3.05, 3.63) is 120 Å². The van der Waals surface area contributed by atoms with Gasteiger partial charge in [0.25, 0.3) is 11.8 Å². The lowest BCUT2D eigenvalue weighted by molar-refractivity contribution is -0.114. The third-order valence-electron chi connectivity index (χ3n) is 5.40. The van der Waals surface area contributed by atoms with Crippen molar-refractivity contribution in [2.75, 3.05) is 23.5 Å². The number of carbonyl (C=O) groups is 3. The number of methoxy groups -OCH3 is 1. The standard InChI is InChI=1S/C30H26N4O4S/c1-38-25-11-7-21(8-12-25)19-27(34-29(36)22-5-3-2-4-6-22)30(37)33-23-9-13-26(14-10-23)39-20-28(35)32-24-15-17-31-18-16-24/h2-19H,20H2,1H3,(H,33,37)(H,34,36)(H,31,32,35)/b27-19-. The molecule has 0 saturated carbocycles. The number of pyridine rings is 1. The third-order valence-corrected chi connectivity index (χ3v) is 6.41. The molecule has 4 aromatic rings. The summed E-state index contributed by atoms with van der Waals surface area (Å²) in [6.45, 7) is 0. The molecule has 8 nitrogen and oxygen atoms in total. The largest absolute Gasteiger partial charge is 0.497 e. The van der Waals surface area contributed by atoms with Gasteiger partial charge in [0.2, 0.25) is 5.91 Å². The van der Waals surface area contributed by atoms with Crippen molar-refractivity contribution in [3.8, 4) is 5.75 Å². The van der Waals surface area contributed by atoms with Crippen LogP contribution in [0, 0.1) is 0 Å². The van der Waals surface area contributed by atoms with Gasteiger partial charge < -0.3 is 20.7 Å². The number of rotatable bonds is 10. The normalized spacial score (nSPS) is 10.8. The molecule has 39 heavy (non-hydrogen) atoms. The van der Waals surface area contributed by atoms with E-state index in [1.54, 1.807) is 98.4 Å². The topological polar surface area (TPSA) is 109 Å². The molecule has 0 fully saturated rings. The Morgan fingerprint density at radius 1 is 0.821 bits per heavy atom. The van der Waals surface area contributed by atoms with E-state index in [0.717, 1.165) is 4.90 Å². The van der Waals surface area contributed by atoms with Crippen molar-refractivity contribution in [2.45, 2.75) is 4.90 Å². The van der Waals surface area contributed by atoms with Crippen LogP contribution in [-0.4, -0.2) is 35.6 Å². The molecule has 0 unspecified atom stereocenters. The maximum Gasteiger partial charge on any atom is 0.272 e. The van der Waals surface area contributed by atoms with Crippen molar-refractivity contribution in [1.29, 1.82) is 0 Å². The first-order chi connectivity index (χ1) is 19.0. The van der Waals surface area contributed by atoms with E-state index in [0.29, 0.717) is 28.3 Å². The molecule has 0 bridgehead atoms. The molecule has 196 valence electrons. The van der Waals surface area contributed by atoms with Crippen molar-refractivity contribution in [2.24, 2.45) is 0 Å². The van der Waals surface area contributed by atoms with Crippen LogP contribution in [0.3, 0.4) is 0 Å². The first-order valence-electron chi connectivity index (χ1n) is 12.0. The second-order valence-corrected chi connectivity index (χ2v) is 9.25. The summed E-state index contributed by atoms with van der Waals surface area (Å²) in [5.74, 6) is -0.103. The molecule has 1 aromatic heterocycles. The van der Waals surface area contributed by atoms with Crippen LogP contribution >= 0.6 is 11.8 Å². The van der Waals surface area contributed by atoms with E-state index in [2.05, 4.69) is 20.9 Å². The molecule has 0 aliphatic rings. The summed E-state index contributed by atoms with van der Waals surface area (Å²) in [7, 11) is 1.57. The van der Waals surface area contributed by atoms with Crippen molar-refractivity contribution in [3.63, 3.8) is 0 Å². The first kappa shape index (κ1) is 27.2. The van der Waals surface area contributed by atoms with Crippen LogP contribution in [0.4, 0.5) is 11.4 Å². The summed E-state index contributed by atoms with van der Waals surface area (Å²) in [4.78, 5) is 43.0. The predicted octanol–water partition coefficient (Wildman–Crippen LogP) is 5.23. The van der Waals surface area contributed by atoms with E-state index < -0.39 is 11.8 Å². The second kappa shape index (κ2) is 13.6. The number of nitrogens with zero attached hydrogens (tertiary/aromatic N) is 1. The molecule has 0 radical (unpaired) electrons. The minimum Gasteiger partial charge on any atom is -0.497 e. The highest BCUT2D eigenvalue weighted by Gasteiger charge is 2.15. The summed E-state index contributed by atoms with van der Waals surface area (Å²) in [6.07, 6.45) is 4.82. The van der Waals surface area contributed by atoms with E-state index in [-0.39, 0.29) is 17.4 Å². The lowest BCUT2D eigenvalue weighted by Gasteiger charge is -2.12. The van der Waals surface area contributed by atoms with E-state index in [1.165, 1.54) is 11.8 Å². The highest BCUT2D eigenvalue weighted by Crippen LogP contribution is 2.21. The zero-order valence-electron chi connectivity index (χ0n) is 21.1. The van der Waals surface area contributed by atoms with Crippen LogP contribution < -0.4 is 20.7 Å². The quantitative estimate of drug-likeness (QED) is 0.188. The maximum atomic E-state index is 13.2. The van der Waals surface area contributed by atoms with E-state index in [9.17, 15) is 14.4 Å². The number of hydrogen-bond donors (Lipinski definition) is 3. The van der Waals surface area contributed by atoms with Gasteiger partial charge in [-0.15, -0.1) is 11.8 Å². The molecule has 3 N–H and O–H groups in total.